The number of para-hydroxylation sites is 1. The van der Waals surface area contributed by atoms with Gasteiger partial charge in [0, 0.05) is 24.4 Å². The van der Waals surface area contributed by atoms with Gasteiger partial charge >= 0.3 is 5.97 Å². The lowest BCUT2D eigenvalue weighted by Crippen LogP contribution is -2.01. The number of methoxy groups -OCH3 is 1. The Hall–Kier alpha value is -3.42. The van der Waals surface area contributed by atoms with Crippen LogP contribution in [0.25, 0.3) is 17.5 Å². The standard InChI is InChI=1S/C19H20N4O4/c1-12-14(13(2)23(3)21-12)9-10-18(24)26-11-17-20-19(22-27-17)15-7-5-6-8-16(15)25-4/h5-10H,11H2,1-4H3/b10-9+. The molecular formula is C19H20N4O4. The van der Waals surface area contributed by atoms with Crippen LogP contribution in [0.1, 0.15) is 22.8 Å². The van der Waals surface area contributed by atoms with Crippen molar-refractivity contribution >= 4 is 12.0 Å². The second-order valence-corrected chi connectivity index (χ2v) is 5.86. The van der Waals surface area contributed by atoms with Crippen LogP contribution in [-0.2, 0) is 23.2 Å². The van der Waals surface area contributed by atoms with Gasteiger partial charge in [-0.05, 0) is 32.1 Å². The summed E-state index contributed by atoms with van der Waals surface area (Å²) in [4.78, 5) is 16.2. The summed E-state index contributed by atoms with van der Waals surface area (Å²) in [5.41, 5.74) is 3.40. The van der Waals surface area contributed by atoms with Crippen LogP contribution in [-0.4, -0.2) is 33.0 Å². The van der Waals surface area contributed by atoms with Crippen molar-refractivity contribution in [3.8, 4) is 17.1 Å². The van der Waals surface area contributed by atoms with Gasteiger partial charge in [-0.1, -0.05) is 17.3 Å². The molecule has 0 bridgehead atoms. The van der Waals surface area contributed by atoms with E-state index in [0.29, 0.717) is 17.1 Å². The monoisotopic (exact) mass is 368 g/mol. The molecular weight excluding hydrogens is 348 g/mol. The molecule has 27 heavy (non-hydrogen) atoms. The Balaban J connectivity index is 1.63. The summed E-state index contributed by atoms with van der Waals surface area (Å²) in [5, 5.41) is 8.20. The van der Waals surface area contributed by atoms with Crippen molar-refractivity contribution in [2.24, 2.45) is 7.05 Å². The van der Waals surface area contributed by atoms with Crippen LogP contribution >= 0.6 is 0 Å². The number of carbonyl (C=O) groups is 1. The van der Waals surface area contributed by atoms with Crippen LogP contribution in [0.3, 0.4) is 0 Å². The Labute approximate surface area is 156 Å². The third-order valence-corrected chi connectivity index (χ3v) is 4.10. The second-order valence-electron chi connectivity index (χ2n) is 5.86. The highest BCUT2D eigenvalue weighted by Crippen LogP contribution is 2.27. The van der Waals surface area contributed by atoms with Crippen molar-refractivity contribution in [2.45, 2.75) is 20.5 Å². The van der Waals surface area contributed by atoms with Gasteiger partial charge in [-0.2, -0.15) is 10.1 Å². The van der Waals surface area contributed by atoms with Gasteiger partial charge in [-0.25, -0.2) is 4.79 Å². The summed E-state index contributed by atoms with van der Waals surface area (Å²) >= 11 is 0. The first-order chi connectivity index (χ1) is 13.0. The van der Waals surface area contributed by atoms with Gasteiger partial charge in [0.25, 0.3) is 5.89 Å². The van der Waals surface area contributed by atoms with Crippen molar-refractivity contribution in [3.63, 3.8) is 0 Å². The zero-order valence-electron chi connectivity index (χ0n) is 15.6. The minimum absolute atomic E-state index is 0.115. The van der Waals surface area contributed by atoms with E-state index in [1.54, 1.807) is 23.9 Å². The average Bonchev–Trinajstić information content (AvgIpc) is 3.23. The maximum absolute atomic E-state index is 12.0. The molecule has 0 fully saturated rings. The Bertz CT molecular complexity index is 988. The van der Waals surface area contributed by atoms with Gasteiger partial charge < -0.3 is 14.0 Å². The molecule has 2 aromatic heterocycles. The number of aromatic nitrogens is 4. The van der Waals surface area contributed by atoms with Crippen LogP contribution in [0.15, 0.2) is 34.9 Å². The lowest BCUT2D eigenvalue weighted by Gasteiger charge is -2.03. The lowest BCUT2D eigenvalue weighted by molar-refractivity contribution is -0.139. The Morgan fingerprint density at radius 1 is 1.30 bits per heavy atom. The van der Waals surface area contributed by atoms with Crippen molar-refractivity contribution in [2.75, 3.05) is 7.11 Å². The Morgan fingerprint density at radius 3 is 2.78 bits per heavy atom. The number of hydrogen-bond donors (Lipinski definition) is 0. The van der Waals surface area contributed by atoms with E-state index in [-0.39, 0.29) is 12.5 Å². The van der Waals surface area contributed by atoms with E-state index in [2.05, 4.69) is 15.2 Å². The molecule has 0 saturated carbocycles. The third-order valence-electron chi connectivity index (χ3n) is 4.10. The van der Waals surface area contributed by atoms with Gasteiger partial charge in [-0.3, -0.25) is 4.68 Å². The van der Waals surface area contributed by atoms with Crippen molar-refractivity contribution in [1.29, 1.82) is 0 Å². The minimum Gasteiger partial charge on any atom is -0.496 e. The highest BCUT2D eigenvalue weighted by molar-refractivity contribution is 5.87. The molecule has 8 nitrogen and oxygen atoms in total. The fourth-order valence-corrected chi connectivity index (χ4v) is 2.62. The van der Waals surface area contributed by atoms with Gasteiger partial charge in [0.15, 0.2) is 6.61 Å². The molecule has 0 unspecified atom stereocenters. The Kier molecular flexibility index (Phi) is 5.35. The first-order valence-corrected chi connectivity index (χ1v) is 8.30. The van der Waals surface area contributed by atoms with Crippen LogP contribution in [0.4, 0.5) is 0 Å². The molecule has 0 saturated heterocycles. The molecule has 2 heterocycles. The maximum Gasteiger partial charge on any atom is 0.331 e. The first kappa shape index (κ1) is 18.4. The molecule has 0 amide bonds. The summed E-state index contributed by atoms with van der Waals surface area (Å²) < 4.78 is 17.3. The van der Waals surface area contributed by atoms with Crippen molar-refractivity contribution in [3.05, 3.63) is 53.2 Å². The number of carbonyl (C=O) groups excluding carboxylic acids is 1. The molecule has 3 aromatic rings. The molecule has 3 rings (SSSR count). The number of aryl methyl sites for hydroxylation is 2. The quantitative estimate of drug-likeness (QED) is 0.488. The smallest absolute Gasteiger partial charge is 0.331 e. The molecule has 1 aromatic carbocycles. The van der Waals surface area contributed by atoms with Gasteiger partial charge in [0.05, 0.1) is 18.4 Å². The number of nitrogens with zero attached hydrogens (tertiary/aromatic N) is 4. The zero-order chi connectivity index (χ0) is 19.4. The molecule has 0 radical (unpaired) electrons. The topological polar surface area (TPSA) is 92.3 Å². The van der Waals surface area contributed by atoms with Crippen LogP contribution < -0.4 is 4.74 Å². The van der Waals surface area contributed by atoms with E-state index in [0.717, 1.165) is 17.0 Å². The number of rotatable bonds is 6. The summed E-state index contributed by atoms with van der Waals surface area (Å²) in [7, 11) is 3.42. The predicted octanol–water partition coefficient (Wildman–Crippen LogP) is 2.85. The van der Waals surface area contributed by atoms with Gasteiger partial charge in [0.1, 0.15) is 5.75 Å². The Morgan fingerprint density at radius 2 is 2.07 bits per heavy atom. The van der Waals surface area contributed by atoms with Crippen LogP contribution in [0, 0.1) is 13.8 Å². The molecule has 0 spiro atoms. The SMILES string of the molecule is COc1ccccc1-c1noc(COC(=O)/C=C/c2c(C)nn(C)c2C)n1. The fourth-order valence-electron chi connectivity index (χ4n) is 2.62. The van der Waals surface area contributed by atoms with Crippen molar-refractivity contribution in [1.82, 2.24) is 19.9 Å². The van der Waals surface area contributed by atoms with Gasteiger partial charge in [-0.15, -0.1) is 0 Å². The number of ether oxygens (including phenoxy) is 2. The highest BCUT2D eigenvalue weighted by Gasteiger charge is 2.14. The third kappa shape index (κ3) is 4.05. The molecule has 0 aliphatic rings. The molecule has 0 atom stereocenters. The maximum atomic E-state index is 12.0. The average molecular weight is 368 g/mol. The van der Waals surface area contributed by atoms with E-state index in [1.807, 2.05) is 39.1 Å². The molecule has 0 N–H and O–H groups in total. The number of esters is 1. The summed E-state index contributed by atoms with van der Waals surface area (Å²) in [5.74, 6) is 0.698. The van der Waals surface area contributed by atoms with E-state index in [4.69, 9.17) is 14.0 Å². The zero-order valence-corrected chi connectivity index (χ0v) is 15.6. The fraction of sp³-hybridized carbons (Fsp3) is 0.263. The van der Waals surface area contributed by atoms with Crippen LogP contribution in [0.5, 0.6) is 5.75 Å². The van der Waals surface area contributed by atoms with E-state index in [1.165, 1.54) is 6.08 Å². The van der Waals surface area contributed by atoms with E-state index < -0.39 is 5.97 Å². The molecule has 8 heteroatoms. The molecule has 0 aliphatic heterocycles. The summed E-state index contributed by atoms with van der Waals surface area (Å²) in [6, 6.07) is 7.32. The summed E-state index contributed by atoms with van der Waals surface area (Å²) in [6.07, 6.45) is 3.04. The van der Waals surface area contributed by atoms with Crippen molar-refractivity contribution < 1.29 is 18.8 Å². The normalized spacial score (nSPS) is 11.1. The molecule has 140 valence electrons. The largest absolute Gasteiger partial charge is 0.496 e. The van der Waals surface area contributed by atoms with Gasteiger partial charge in [0.2, 0.25) is 5.82 Å². The second kappa shape index (κ2) is 7.86. The van der Waals surface area contributed by atoms with E-state index >= 15 is 0 Å². The lowest BCUT2D eigenvalue weighted by atomic mass is 10.2. The number of benzene rings is 1. The minimum atomic E-state index is -0.505. The first-order valence-electron chi connectivity index (χ1n) is 8.30. The highest BCUT2D eigenvalue weighted by atomic mass is 16.6. The van der Waals surface area contributed by atoms with Crippen LogP contribution in [0.2, 0.25) is 0 Å². The predicted molar refractivity (Wildman–Crippen MR) is 97.8 cm³/mol. The molecule has 0 aliphatic carbocycles. The summed E-state index contributed by atoms with van der Waals surface area (Å²) in [6.45, 7) is 3.70. The van der Waals surface area contributed by atoms with E-state index in [9.17, 15) is 4.79 Å². The number of hydrogen-bond acceptors (Lipinski definition) is 7.